The highest BCUT2D eigenvalue weighted by Crippen LogP contribution is 2.38. The zero-order valence-electron chi connectivity index (χ0n) is 9.56. The third-order valence-corrected chi connectivity index (χ3v) is 5.77. The lowest BCUT2D eigenvalue weighted by molar-refractivity contribution is -0.135. The first-order valence-electron chi connectivity index (χ1n) is 5.16. The molecule has 2 saturated heterocycles. The second-order valence-electron chi connectivity index (χ2n) is 4.62. The molecule has 2 atom stereocenters. The van der Waals surface area contributed by atoms with E-state index in [2.05, 4.69) is 5.32 Å². The van der Waals surface area contributed by atoms with Gasteiger partial charge in [0.2, 0.25) is 0 Å². The summed E-state index contributed by atoms with van der Waals surface area (Å²) < 4.78 is 28.8. The number of rotatable bonds is 2. The Morgan fingerprint density at radius 2 is 2.06 bits per heavy atom. The van der Waals surface area contributed by atoms with Crippen LogP contribution in [0.15, 0.2) is 0 Å². The molecule has 7 heteroatoms. The van der Waals surface area contributed by atoms with Crippen molar-refractivity contribution in [3.8, 4) is 0 Å². The highest BCUT2D eigenvalue weighted by molar-refractivity contribution is 7.94. The van der Waals surface area contributed by atoms with E-state index in [0.717, 1.165) is 4.31 Å². The van der Waals surface area contributed by atoms with E-state index >= 15 is 0 Å². The smallest absolute Gasteiger partial charge is 0.259 e. The van der Waals surface area contributed by atoms with E-state index in [0.29, 0.717) is 13.1 Å². The fourth-order valence-corrected chi connectivity index (χ4v) is 3.83. The maximum Gasteiger partial charge on any atom is 0.259 e. The van der Waals surface area contributed by atoms with E-state index in [9.17, 15) is 13.2 Å². The summed E-state index contributed by atoms with van der Waals surface area (Å²) in [4.78, 5) is 11.8. The summed E-state index contributed by atoms with van der Waals surface area (Å²) in [7, 11) is -1.99. The van der Waals surface area contributed by atoms with Crippen molar-refractivity contribution in [1.82, 2.24) is 9.62 Å². The van der Waals surface area contributed by atoms with Crippen LogP contribution in [0.2, 0.25) is 0 Å². The zero-order chi connectivity index (χ0) is 12.1. The van der Waals surface area contributed by atoms with Gasteiger partial charge in [-0.15, -0.1) is 0 Å². The summed E-state index contributed by atoms with van der Waals surface area (Å²) in [6.45, 7) is 3.90. The fraction of sp³-hybridized carbons (Fsp3) is 0.889. The molecule has 6 nitrogen and oxygen atoms in total. The normalized spacial score (nSPS) is 36.2. The highest BCUT2D eigenvalue weighted by atomic mass is 32.2. The van der Waals surface area contributed by atoms with Crippen LogP contribution in [0.5, 0.6) is 0 Å². The first-order chi connectivity index (χ1) is 7.34. The third kappa shape index (κ3) is 1.25. The Hall–Kier alpha value is -0.660. The van der Waals surface area contributed by atoms with Crippen molar-refractivity contribution in [3.05, 3.63) is 0 Å². The van der Waals surface area contributed by atoms with E-state index in [-0.39, 0.29) is 12.0 Å². The van der Waals surface area contributed by atoms with Gasteiger partial charge in [0.15, 0.2) is 4.75 Å². The molecule has 0 spiro atoms. The molecular formula is C9H16N2O4S. The molecular weight excluding hydrogens is 232 g/mol. The van der Waals surface area contributed by atoms with Crippen molar-refractivity contribution >= 4 is 15.9 Å². The van der Waals surface area contributed by atoms with Crippen LogP contribution in [0, 0.1) is 0 Å². The standard InChI is InChI=1S/C9H16N2O4S/c1-9(2)8(12)11(16(9,13)14)6-4-10-5-7(6)15-3/h6-7,10H,4-5H2,1-3H3/t6?,7-/m0/s1. The number of hydrogen-bond acceptors (Lipinski definition) is 5. The monoisotopic (exact) mass is 248 g/mol. The van der Waals surface area contributed by atoms with Gasteiger partial charge >= 0.3 is 0 Å². The fourth-order valence-electron chi connectivity index (χ4n) is 2.14. The lowest BCUT2D eigenvalue weighted by Crippen LogP contribution is -2.71. The molecule has 0 radical (unpaired) electrons. The molecule has 0 aromatic heterocycles. The van der Waals surface area contributed by atoms with Crippen LogP contribution >= 0.6 is 0 Å². The number of nitrogens with one attached hydrogen (secondary N) is 1. The SMILES string of the molecule is CO[C@H]1CNCC1N1C(=O)C(C)(C)S1(=O)=O. The molecule has 2 aliphatic heterocycles. The second-order valence-corrected chi connectivity index (χ2v) is 6.98. The Morgan fingerprint density at radius 3 is 2.56 bits per heavy atom. The number of methoxy groups -OCH3 is 1. The molecule has 1 N–H and O–H groups in total. The minimum atomic E-state index is -3.51. The largest absolute Gasteiger partial charge is 0.378 e. The van der Waals surface area contributed by atoms with Gasteiger partial charge in [0.25, 0.3) is 15.9 Å². The summed E-state index contributed by atoms with van der Waals surface area (Å²) >= 11 is 0. The Labute approximate surface area is 95.0 Å². The molecule has 1 amide bonds. The summed E-state index contributed by atoms with van der Waals surface area (Å²) in [6.07, 6.45) is -0.255. The van der Waals surface area contributed by atoms with Crippen LogP contribution in [0.25, 0.3) is 0 Å². The van der Waals surface area contributed by atoms with Crippen molar-refractivity contribution < 1.29 is 17.9 Å². The van der Waals surface area contributed by atoms with Crippen molar-refractivity contribution in [2.75, 3.05) is 20.2 Å². The van der Waals surface area contributed by atoms with Crippen molar-refractivity contribution in [2.45, 2.75) is 30.7 Å². The molecule has 1 unspecified atom stereocenters. The van der Waals surface area contributed by atoms with Gasteiger partial charge in [-0.2, -0.15) is 0 Å². The molecule has 92 valence electrons. The minimum Gasteiger partial charge on any atom is -0.378 e. The van der Waals surface area contributed by atoms with E-state index in [1.54, 1.807) is 0 Å². The lowest BCUT2D eigenvalue weighted by atomic mass is 10.1. The predicted molar refractivity (Wildman–Crippen MR) is 57.3 cm³/mol. The van der Waals surface area contributed by atoms with Gasteiger partial charge < -0.3 is 10.1 Å². The van der Waals surface area contributed by atoms with Crippen LogP contribution in [-0.4, -0.2) is 55.7 Å². The predicted octanol–water partition coefficient (Wildman–Crippen LogP) is -1.08. The highest BCUT2D eigenvalue weighted by Gasteiger charge is 2.63. The maximum absolute atomic E-state index is 12.0. The first-order valence-corrected chi connectivity index (χ1v) is 6.60. The number of sulfonamides is 1. The number of amides is 1. The van der Waals surface area contributed by atoms with Gasteiger partial charge in [0.05, 0.1) is 12.1 Å². The minimum absolute atomic E-state index is 0.255. The van der Waals surface area contributed by atoms with Crippen molar-refractivity contribution in [2.24, 2.45) is 0 Å². The van der Waals surface area contributed by atoms with Crippen LogP contribution in [-0.2, 0) is 19.6 Å². The van der Waals surface area contributed by atoms with Gasteiger partial charge in [0, 0.05) is 20.2 Å². The number of carbonyl (C=O) groups is 1. The molecule has 2 heterocycles. The molecule has 0 aromatic rings. The Balaban J connectivity index is 2.28. The number of hydrogen-bond donors (Lipinski definition) is 1. The molecule has 0 bridgehead atoms. The Morgan fingerprint density at radius 1 is 1.44 bits per heavy atom. The van der Waals surface area contributed by atoms with E-state index in [1.165, 1.54) is 21.0 Å². The number of ether oxygens (including phenoxy) is 1. The van der Waals surface area contributed by atoms with Crippen molar-refractivity contribution in [1.29, 1.82) is 0 Å². The lowest BCUT2D eigenvalue weighted by Gasteiger charge is -2.46. The molecule has 0 saturated carbocycles. The van der Waals surface area contributed by atoms with E-state index in [1.807, 2.05) is 0 Å². The Bertz CT molecular complexity index is 417. The molecule has 16 heavy (non-hydrogen) atoms. The van der Waals surface area contributed by atoms with Gasteiger partial charge in [0.1, 0.15) is 0 Å². The van der Waals surface area contributed by atoms with E-state index in [4.69, 9.17) is 4.74 Å². The summed E-state index contributed by atoms with van der Waals surface area (Å²) in [5.41, 5.74) is 0. The van der Waals surface area contributed by atoms with Gasteiger partial charge in [-0.05, 0) is 13.8 Å². The third-order valence-electron chi connectivity index (χ3n) is 3.35. The first kappa shape index (κ1) is 11.8. The van der Waals surface area contributed by atoms with Crippen LogP contribution in [0.1, 0.15) is 13.8 Å². The molecule has 2 aliphatic rings. The molecule has 0 aliphatic carbocycles. The van der Waals surface area contributed by atoms with Crippen LogP contribution in [0.4, 0.5) is 0 Å². The van der Waals surface area contributed by atoms with Gasteiger partial charge in [-0.3, -0.25) is 4.79 Å². The summed E-state index contributed by atoms with van der Waals surface area (Å²) in [6, 6.07) is -0.407. The second kappa shape index (κ2) is 3.41. The molecule has 0 aromatic carbocycles. The van der Waals surface area contributed by atoms with Crippen molar-refractivity contribution in [3.63, 3.8) is 0 Å². The molecule has 2 rings (SSSR count). The average molecular weight is 248 g/mol. The van der Waals surface area contributed by atoms with Crippen LogP contribution < -0.4 is 5.32 Å². The summed E-state index contributed by atoms with van der Waals surface area (Å²) in [5.74, 6) is -0.344. The topological polar surface area (TPSA) is 75.7 Å². The average Bonchev–Trinajstić information content (AvgIpc) is 2.65. The number of carbonyl (C=O) groups excluding carboxylic acids is 1. The van der Waals surface area contributed by atoms with E-state index < -0.39 is 20.8 Å². The quantitative estimate of drug-likeness (QED) is 0.673. The molecule has 2 fully saturated rings. The number of nitrogens with zero attached hydrogens (tertiary/aromatic N) is 1. The Kier molecular flexibility index (Phi) is 2.52. The maximum atomic E-state index is 12.0. The zero-order valence-corrected chi connectivity index (χ0v) is 10.4. The van der Waals surface area contributed by atoms with Gasteiger partial charge in [-0.25, -0.2) is 12.7 Å². The van der Waals surface area contributed by atoms with Gasteiger partial charge in [-0.1, -0.05) is 0 Å². The summed E-state index contributed by atoms with van der Waals surface area (Å²) in [5, 5.41) is 3.02. The van der Waals surface area contributed by atoms with Crippen LogP contribution in [0.3, 0.4) is 0 Å².